The van der Waals surface area contributed by atoms with Gasteiger partial charge in [0.15, 0.2) is 0 Å². The van der Waals surface area contributed by atoms with Crippen LogP contribution in [0.25, 0.3) is 103 Å². The summed E-state index contributed by atoms with van der Waals surface area (Å²) in [4.78, 5) is 2.41. The Morgan fingerprint density at radius 1 is 0.313 bits per heavy atom. The number of thiophene rings is 1. The van der Waals surface area contributed by atoms with Crippen LogP contribution in [0.15, 0.2) is 255 Å². The van der Waals surface area contributed by atoms with Gasteiger partial charge in [0.2, 0.25) is 0 Å². The van der Waals surface area contributed by atoms with E-state index in [1.165, 1.54) is 91.7 Å². The van der Waals surface area contributed by atoms with Gasteiger partial charge in [0.25, 0.3) is 0 Å². The first kappa shape index (κ1) is 38.9. The zero-order valence-electron chi connectivity index (χ0n) is 36.6. The van der Waals surface area contributed by atoms with Gasteiger partial charge in [-0.15, -0.1) is 11.3 Å². The third-order valence-electron chi connectivity index (χ3n) is 13.4. The van der Waals surface area contributed by atoms with Crippen molar-refractivity contribution in [2.24, 2.45) is 0 Å². The van der Waals surface area contributed by atoms with Crippen molar-refractivity contribution in [3.05, 3.63) is 255 Å². The lowest BCUT2D eigenvalue weighted by Gasteiger charge is -2.27. The second-order valence-corrected chi connectivity index (χ2v) is 18.3. The summed E-state index contributed by atoms with van der Waals surface area (Å²) in [5.41, 5.74) is 16.3. The molecule has 0 saturated heterocycles. The summed E-state index contributed by atoms with van der Waals surface area (Å²) in [6.45, 7) is 0. The van der Waals surface area contributed by atoms with E-state index in [2.05, 4.69) is 264 Å². The van der Waals surface area contributed by atoms with Crippen LogP contribution in [0, 0.1) is 0 Å². The molecular weight excluding hydrogens is 829 g/mol. The lowest BCUT2D eigenvalue weighted by atomic mass is 9.97. The van der Waals surface area contributed by atoms with Crippen LogP contribution in [-0.2, 0) is 0 Å². The first-order chi connectivity index (χ1) is 33.2. The minimum Gasteiger partial charge on any atom is -0.310 e. The quantitative estimate of drug-likeness (QED) is 0.148. The summed E-state index contributed by atoms with van der Waals surface area (Å²) < 4.78 is 5.08. The van der Waals surface area contributed by atoms with Crippen molar-refractivity contribution in [3.63, 3.8) is 0 Å². The molecule has 2 nitrogen and oxygen atoms in total. The van der Waals surface area contributed by atoms with Crippen LogP contribution in [0.5, 0.6) is 0 Å². The first-order valence-corrected chi connectivity index (χ1v) is 23.7. The largest absolute Gasteiger partial charge is 0.310 e. The summed E-state index contributed by atoms with van der Waals surface area (Å²) >= 11 is 1.88. The Bertz CT molecular complexity index is 3890. The minimum absolute atomic E-state index is 1.08. The van der Waals surface area contributed by atoms with Crippen LogP contribution < -0.4 is 4.90 Å². The number of hydrogen-bond acceptors (Lipinski definition) is 2. The van der Waals surface area contributed by atoms with Crippen LogP contribution in [0.3, 0.4) is 0 Å². The van der Waals surface area contributed by atoms with E-state index in [0.717, 1.165) is 28.3 Å². The average Bonchev–Trinajstić information content (AvgIpc) is 3.96. The van der Waals surface area contributed by atoms with Crippen molar-refractivity contribution in [1.82, 2.24) is 4.57 Å². The van der Waals surface area contributed by atoms with Crippen molar-refractivity contribution in [2.45, 2.75) is 0 Å². The molecule has 2 aromatic heterocycles. The molecule has 0 amide bonds. The summed E-state index contributed by atoms with van der Waals surface area (Å²) in [6.07, 6.45) is 0. The first-order valence-electron chi connectivity index (χ1n) is 22.9. The van der Waals surface area contributed by atoms with Crippen LogP contribution >= 0.6 is 11.3 Å². The molecule has 0 saturated carbocycles. The molecule has 13 rings (SSSR count). The second kappa shape index (κ2) is 16.2. The third kappa shape index (κ3) is 6.79. The Morgan fingerprint density at radius 3 is 1.57 bits per heavy atom. The van der Waals surface area contributed by atoms with Crippen LogP contribution in [-0.4, -0.2) is 4.57 Å². The molecule has 2 heterocycles. The molecule has 0 atom stereocenters. The van der Waals surface area contributed by atoms with Gasteiger partial charge in [0, 0.05) is 59.1 Å². The molecule has 0 spiro atoms. The fraction of sp³-hybridized carbons (Fsp3) is 0. The fourth-order valence-electron chi connectivity index (χ4n) is 10.2. The van der Waals surface area contributed by atoms with Gasteiger partial charge in [0.05, 0.1) is 11.0 Å². The van der Waals surface area contributed by atoms with Crippen molar-refractivity contribution in [1.29, 1.82) is 0 Å². The number of para-hydroxylation sites is 1. The molecule has 0 bridgehead atoms. The standard InChI is InChI=1S/C64H42N2S/c1-4-15-43(16-5-1)49-39-50(44-17-6-2-7-18-44)41-54(40-49)65(53-35-29-47(30-36-53)56-24-14-25-60-58-23-12-13-26-62(58)67-64(56)60)52-33-27-45(28-34-52)48-32-37-57-59-38-31-46-19-10-11-22-55(46)63(59)66(61(57)42-48)51-20-8-3-9-21-51/h1-42H. The molecule has 11 aromatic carbocycles. The molecule has 0 radical (unpaired) electrons. The van der Waals surface area contributed by atoms with Gasteiger partial charge in [-0.25, -0.2) is 0 Å². The van der Waals surface area contributed by atoms with Crippen LogP contribution in [0.1, 0.15) is 0 Å². The monoisotopic (exact) mass is 870 g/mol. The van der Waals surface area contributed by atoms with Gasteiger partial charge >= 0.3 is 0 Å². The average molecular weight is 871 g/mol. The SMILES string of the molecule is c1ccc(-c2cc(-c3ccccc3)cc(N(c3ccc(-c4ccc5c6ccc7ccccc7c6n(-c6ccccc6)c5c4)cc3)c3ccc(-c4cccc5c4sc4ccccc45)cc3)c2)cc1. The number of rotatable bonds is 8. The van der Waals surface area contributed by atoms with E-state index in [9.17, 15) is 0 Å². The predicted molar refractivity (Wildman–Crippen MR) is 288 cm³/mol. The van der Waals surface area contributed by atoms with Gasteiger partial charge in [-0.2, -0.15) is 0 Å². The Balaban J connectivity index is 0.958. The van der Waals surface area contributed by atoms with Crippen LogP contribution in [0.2, 0.25) is 0 Å². The van der Waals surface area contributed by atoms with Gasteiger partial charge in [-0.05, 0) is 117 Å². The van der Waals surface area contributed by atoms with Gasteiger partial charge in [0.1, 0.15) is 0 Å². The Labute approximate surface area is 393 Å². The molecule has 67 heavy (non-hydrogen) atoms. The van der Waals surface area contributed by atoms with E-state index < -0.39 is 0 Å². The molecule has 314 valence electrons. The normalized spacial score (nSPS) is 11.6. The van der Waals surface area contributed by atoms with Gasteiger partial charge in [-0.3, -0.25) is 0 Å². The Hall–Kier alpha value is -8.50. The van der Waals surface area contributed by atoms with E-state index in [1.54, 1.807) is 0 Å². The predicted octanol–water partition coefficient (Wildman–Crippen LogP) is 18.4. The van der Waals surface area contributed by atoms with E-state index >= 15 is 0 Å². The second-order valence-electron chi connectivity index (χ2n) is 17.3. The van der Waals surface area contributed by atoms with Gasteiger partial charge < -0.3 is 9.47 Å². The zero-order valence-corrected chi connectivity index (χ0v) is 37.4. The molecule has 3 heteroatoms. The molecule has 0 N–H and O–H groups in total. The summed E-state index contributed by atoms with van der Waals surface area (Å²) in [5, 5.41) is 7.62. The molecule has 0 unspecified atom stereocenters. The summed E-state index contributed by atoms with van der Waals surface area (Å²) in [5.74, 6) is 0. The Morgan fingerprint density at radius 2 is 0.866 bits per heavy atom. The molecule has 0 aliphatic carbocycles. The lowest BCUT2D eigenvalue weighted by molar-refractivity contribution is 1.19. The maximum atomic E-state index is 2.45. The lowest BCUT2D eigenvalue weighted by Crippen LogP contribution is -2.10. The smallest absolute Gasteiger partial charge is 0.0619 e. The minimum atomic E-state index is 1.08. The maximum Gasteiger partial charge on any atom is 0.0619 e. The maximum absolute atomic E-state index is 2.45. The van der Waals surface area contributed by atoms with Crippen molar-refractivity contribution < 1.29 is 0 Å². The number of aromatic nitrogens is 1. The highest BCUT2D eigenvalue weighted by Crippen LogP contribution is 2.44. The fourth-order valence-corrected chi connectivity index (χ4v) is 11.4. The highest BCUT2D eigenvalue weighted by Gasteiger charge is 2.19. The third-order valence-corrected chi connectivity index (χ3v) is 14.6. The van der Waals surface area contributed by atoms with Crippen molar-refractivity contribution in [3.8, 4) is 50.2 Å². The van der Waals surface area contributed by atoms with E-state index in [0.29, 0.717) is 0 Å². The van der Waals surface area contributed by atoms with Gasteiger partial charge in [-0.1, -0.05) is 188 Å². The molecule has 0 aliphatic rings. The summed E-state index contributed by atoms with van der Waals surface area (Å²) in [7, 11) is 0. The molecule has 13 aromatic rings. The molecular formula is C64H42N2S. The highest BCUT2D eigenvalue weighted by atomic mass is 32.1. The topological polar surface area (TPSA) is 8.17 Å². The number of hydrogen-bond donors (Lipinski definition) is 0. The van der Waals surface area contributed by atoms with Crippen molar-refractivity contribution >= 4 is 81.1 Å². The molecule has 0 fully saturated rings. The number of nitrogens with zero attached hydrogens (tertiary/aromatic N) is 2. The number of anilines is 3. The summed E-state index contributed by atoms with van der Waals surface area (Å²) in [6, 6.07) is 93.2. The number of benzene rings is 11. The van der Waals surface area contributed by atoms with Crippen LogP contribution in [0.4, 0.5) is 17.1 Å². The number of fused-ring (bicyclic) bond motifs is 8. The zero-order chi connectivity index (χ0) is 44.3. The molecule has 0 aliphatic heterocycles. The van der Waals surface area contributed by atoms with E-state index in [4.69, 9.17) is 0 Å². The van der Waals surface area contributed by atoms with E-state index in [-0.39, 0.29) is 0 Å². The van der Waals surface area contributed by atoms with Crippen molar-refractivity contribution in [2.75, 3.05) is 4.90 Å². The Kier molecular flexibility index (Phi) is 9.40. The van der Waals surface area contributed by atoms with E-state index in [1.807, 2.05) is 11.3 Å². The highest BCUT2D eigenvalue weighted by molar-refractivity contribution is 7.26.